The molecule has 1 unspecified atom stereocenters. The third-order valence-electron chi connectivity index (χ3n) is 1.66. The number of halogens is 2. The second kappa shape index (κ2) is 4.04. The fourth-order valence-electron chi connectivity index (χ4n) is 0.907. The van der Waals surface area contributed by atoms with Crippen LogP contribution >= 0.6 is 23.2 Å². The summed E-state index contributed by atoms with van der Waals surface area (Å²) in [5.74, 6) is -1.47. The molecular formula is C8H7Cl2NO3. The number of aromatic hydroxyl groups is 1. The standard InChI is InChI=1S/C8H7Cl2NO3/c9-4-1-3(6(11)8(13)14)2-5(10)7(4)12/h1-2,6,12H,11H2,(H,13,14). The molecule has 14 heavy (non-hydrogen) atoms. The lowest BCUT2D eigenvalue weighted by atomic mass is 10.1. The van der Waals surface area contributed by atoms with Gasteiger partial charge in [-0.2, -0.15) is 0 Å². The van der Waals surface area contributed by atoms with Gasteiger partial charge in [0, 0.05) is 0 Å². The molecule has 0 aromatic heterocycles. The predicted octanol–water partition coefficient (Wildman–Crippen LogP) is 1.78. The second-order valence-electron chi connectivity index (χ2n) is 2.65. The van der Waals surface area contributed by atoms with E-state index in [1.54, 1.807) is 0 Å². The number of carbonyl (C=O) groups is 1. The lowest BCUT2D eigenvalue weighted by Gasteiger charge is -2.08. The van der Waals surface area contributed by atoms with Crippen molar-refractivity contribution in [1.82, 2.24) is 0 Å². The minimum absolute atomic E-state index is 0.0239. The second-order valence-corrected chi connectivity index (χ2v) is 3.46. The van der Waals surface area contributed by atoms with Gasteiger partial charge in [0.1, 0.15) is 6.04 Å². The molecule has 1 aromatic rings. The number of hydrogen-bond acceptors (Lipinski definition) is 3. The van der Waals surface area contributed by atoms with Crippen molar-refractivity contribution in [2.24, 2.45) is 5.73 Å². The number of carboxylic acids is 1. The molecule has 0 spiro atoms. The first-order valence-electron chi connectivity index (χ1n) is 3.59. The van der Waals surface area contributed by atoms with Crippen LogP contribution in [0.4, 0.5) is 0 Å². The first-order chi connectivity index (χ1) is 6.43. The zero-order chi connectivity index (χ0) is 10.9. The molecule has 0 saturated carbocycles. The molecule has 6 heteroatoms. The first kappa shape index (κ1) is 11.1. The summed E-state index contributed by atoms with van der Waals surface area (Å²) in [6.45, 7) is 0. The summed E-state index contributed by atoms with van der Waals surface area (Å²) < 4.78 is 0. The molecule has 76 valence electrons. The van der Waals surface area contributed by atoms with Gasteiger partial charge in [-0.3, -0.25) is 4.79 Å². The van der Waals surface area contributed by atoms with Crippen LogP contribution in [0, 0.1) is 0 Å². The summed E-state index contributed by atoms with van der Waals surface area (Å²) in [7, 11) is 0. The van der Waals surface area contributed by atoms with Crippen molar-refractivity contribution < 1.29 is 15.0 Å². The molecule has 0 aliphatic rings. The number of benzene rings is 1. The Hall–Kier alpha value is -0.970. The largest absolute Gasteiger partial charge is 0.505 e. The summed E-state index contributed by atoms with van der Waals surface area (Å²) in [6, 6.07) is 1.33. The van der Waals surface area contributed by atoms with E-state index in [0.29, 0.717) is 0 Å². The number of phenolic OH excluding ortho intramolecular Hbond substituents is 1. The van der Waals surface area contributed by atoms with E-state index >= 15 is 0 Å². The molecule has 0 amide bonds. The normalized spacial score (nSPS) is 12.5. The van der Waals surface area contributed by atoms with Gasteiger partial charge in [-0.1, -0.05) is 23.2 Å². The van der Waals surface area contributed by atoms with Gasteiger partial charge in [-0.25, -0.2) is 0 Å². The molecule has 0 fully saturated rings. The topological polar surface area (TPSA) is 83.6 Å². The van der Waals surface area contributed by atoms with Crippen molar-refractivity contribution in [3.63, 3.8) is 0 Å². The van der Waals surface area contributed by atoms with Crippen molar-refractivity contribution >= 4 is 29.2 Å². The lowest BCUT2D eigenvalue weighted by molar-refractivity contribution is -0.138. The Morgan fingerprint density at radius 3 is 2.14 bits per heavy atom. The van der Waals surface area contributed by atoms with Crippen LogP contribution in [0.5, 0.6) is 5.75 Å². The van der Waals surface area contributed by atoms with E-state index < -0.39 is 12.0 Å². The Balaban J connectivity index is 3.19. The van der Waals surface area contributed by atoms with E-state index in [-0.39, 0.29) is 21.4 Å². The Morgan fingerprint density at radius 1 is 1.36 bits per heavy atom. The fraction of sp³-hybridized carbons (Fsp3) is 0.125. The number of phenols is 1. The zero-order valence-electron chi connectivity index (χ0n) is 6.87. The van der Waals surface area contributed by atoms with Crippen LogP contribution < -0.4 is 5.73 Å². The highest BCUT2D eigenvalue weighted by atomic mass is 35.5. The first-order valence-corrected chi connectivity index (χ1v) is 4.35. The third-order valence-corrected chi connectivity index (χ3v) is 2.24. The number of hydrogen-bond donors (Lipinski definition) is 3. The van der Waals surface area contributed by atoms with E-state index in [1.165, 1.54) is 12.1 Å². The Morgan fingerprint density at radius 2 is 1.79 bits per heavy atom. The predicted molar refractivity (Wildman–Crippen MR) is 52.7 cm³/mol. The van der Waals surface area contributed by atoms with Gasteiger partial charge >= 0.3 is 5.97 Å². The third kappa shape index (κ3) is 2.09. The van der Waals surface area contributed by atoms with E-state index in [1.807, 2.05) is 0 Å². The number of rotatable bonds is 2. The van der Waals surface area contributed by atoms with Crippen LogP contribution in [0.25, 0.3) is 0 Å². The van der Waals surface area contributed by atoms with E-state index in [4.69, 9.17) is 34.0 Å². The van der Waals surface area contributed by atoms with Gasteiger partial charge in [0.15, 0.2) is 5.75 Å². The van der Waals surface area contributed by atoms with Gasteiger partial charge in [-0.05, 0) is 17.7 Å². The number of nitrogens with two attached hydrogens (primary N) is 1. The van der Waals surface area contributed by atoms with Crippen molar-refractivity contribution in [3.8, 4) is 5.75 Å². The quantitative estimate of drug-likeness (QED) is 0.730. The maximum absolute atomic E-state index is 10.5. The van der Waals surface area contributed by atoms with Crippen molar-refractivity contribution in [3.05, 3.63) is 27.7 Å². The summed E-state index contributed by atoms with van der Waals surface area (Å²) in [5.41, 5.74) is 5.57. The molecule has 0 aliphatic heterocycles. The lowest BCUT2D eigenvalue weighted by Crippen LogP contribution is -2.20. The van der Waals surface area contributed by atoms with E-state index in [2.05, 4.69) is 0 Å². The molecule has 0 saturated heterocycles. The summed E-state index contributed by atoms with van der Waals surface area (Å²) >= 11 is 11.2. The molecule has 0 heterocycles. The van der Waals surface area contributed by atoms with Gasteiger partial charge in [0.05, 0.1) is 10.0 Å². The van der Waals surface area contributed by atoms with Gasteiger partial charge < -0.3 is 15.9 Å². The van der Waals surface area contributed by atoms with Crippen LogP contribution in [0.3, 0.4) is 0 Å². The summed E-state index contributed by atoms with van der Waals surface area (Å²) in [6.07, 6.45) is 0. The molecule has 1 rings (SSSR count). The van der Waals surface area contributed by atoms with Gasteiger partial charge in [0.25, 0.3) is 0 Å². The average molecular weight is 236 g/mol. The highest BCUT2D eigenvalue weighted by molar-refractivity contribution is 6.37. The van der Waals surface area contributed by atoms with Crippen LogP contribution in [0.2, 0.25) is 10.0 Å². The van der Waals surface area contributed by atoms with Crippen molar-refractivity contribution in [2.75, 3.05) is 0 Å². The van der Waals surface area contributed by atoms with Crippen molar-refractivity contribution in [1.29, 1.82) is 0 Å². The number of carboxylic acid groups (broad SMARTS) is 1. The maximum Gasteiger partial charge on any atom is 0.325 e. The molecule has 1 aromatic carbocycles. The molecule has 0 aliphatic carbocycles. The summed E-state index contributed by atoms with van der Waals surface area (Å²) in [4.78, 5) is 10.5. The smallest absolute Gasteiger partial charge is 0.325 e. The Bertz CT molecular complexity index is 358. The maximum atomic E-state index is 10.5. The van der Waals surface area contributed by atoms with Crippen LogP contribution in [-0.2, 0) is 4.79 Å². The molecule has 0 radical (unpaired) electrons. The van der Waals surface area contributed by atoms with Gasteiger partial charge in [0.2, 0.25) is 0 Å². The number of aliphatic carboxylic acids is 1. The molecule has 4 N–H and O–H groups in total. The molecular weight excluding hydrogens is 229 g/mol. The van der Waals surface area contributed by atoms with Crippen molar-refractivity contribution in [2.45, 2.75) is 6.04 Å². The Labute approximate surface area is 89.9 Å². The van der Waals surface area contributed by atoms with E-state index in [9.17, 15) is 9.90 Å². The highest BCUT2D eigenvalue weighted by Crippen LogP contribution is 2.34. The summed E-state index contributed by atoms with van der Waals surface area (Å²) in [5, 5.41) is 17.8. The van der Waals surface area contributed by atoms with Crippen LogP contribution in [-0.4, -0.2) is 16.2 Å². The minimum Gasteiger partial charge on any atom is -0.505 e. The SMILES string of the molecule is NC(C(=O)O)c1cc(Cl)c(O)c(Cl)c1. The zero-order valence-corrected chi connectivity index (χ0v) is 8.38. The highest BCUT2D eigenvalue weighted by Gasteiger charge is 2.17. The van der Waals surface area contributed by atoms with Gasteiger partial charge in [-0.15, -0.1) is 0 Å². The van der Waals surface area contributed by atoms with Crippen LogP contribution in [0.1, 0.15) is 11.6 Å². The Kier molecular flexibility index (Phi) is 3.21. The molecule has 1 atom stereocenters. The monoisotopic (exact) mass is 235 g/mol. The molecule has 4 nitrogen and oxygen atoms in total. The van der Waals surface area contributed by atoms with Crippen LogP contribution in [0.15, 0.2) is 12.1 Å². The van der Waals surface area contributed by atoms with E-state index in [0.717, 1.165) is 0 Å². The molecule has 0 bridgehead atoms. The average Bonchev–Trinajstić information content (AvgIpc) is 2.12. The minimum atomic E-state index is -1.20. The fourth-order valence-corrected chi connectivity index (χ4v) is 1.41.